The monoisotopic (exact) mass is 264 g/mol. The first-order valence-corrected chi connectivity index (χ1v) is 7.39. The van der Waals surface area contributed by atoms with Crippen LogP contribution in [-0.4, -0.2) is 34.9 Å². The SMILES string of the molecule is CSC(C)(C)CN1C(=O)CNC1c1ccccc1. The minimum absolute atomic E-state index is 0.0186. The molecule has 0 radical (unpaired) electrons. The van der Waals surface area contributed by atoms with Crippen molar-refractivity contribution in [3.8, 4) is 0 Å². The Kier molecular flexibility index (Phi) is 3.97. The van der Waals surface area contributed by atoms with Gasteiger partial charge in [-0.15, -0.1) is 0 Å². The predicted molar refractivity (Wildman–Crippen MR) is 76.5 cm³/mol. The molecule has 18 heavy (non-hydrogen) atoms. The molecule has 2 rings (SSSR count). The number of nitrogens with one attached hydrogen (secondary N) is 1. The number of nitrogens with zero attached hydrogens (tertiary/aromatic N) is 1. The van der Waals surface area contributed by atoms with Crippen LogP contribution < -0.4 is 5.32 Å². The minimum Gasteiger partial charge on any atom is -0.320 e. The first-order valence-electron chi connectivity index (χ1n) is 6.16. The van der Waals surface area contributed by atoms with Crippen LogP contribution in [0.15, 0.2) is 30.3 Å². The molecule has 1 N–H and O–H groups in total. The van der Waals surface area contributed by atoms with Gasteiger partial charge in [0.1, 0.15) is 6.17 Å². The van der Waals surface area contributed by atoms with Crippen LogP contribution in [0.2, 0.25) is 0 Å². The lowest BCUT2D eigenvalue weighted by atomic mass is 10.1. The Morgan fingerprint density at radius 3 is 2.67 bits per heavy atom. The Morgan fingerprint density at radius 2 is 2.06 bits per heavy atom. The summed E-state index contributed by atoms with van der Waals surface area (Å²) >= 11 is 1.79. The second-order valence-electron chi connectivity index (χ2n) is 5.18. The van der Waals surface area contributed by atoms with Crippen molar-refractivity contribution in [3.63, 3.8) is 0 Å². The van der Waals surface area contributed by atoms with Gasteiger partial charge in [-0.05, 0) is 25.7 Å². The summed E-state index contributed by atoms with van der Waals surface area (Å²) < 4.78 is 0.0781. The minimum atomic E-state index is 0.0186. The maximum absolute atomic E-state index is 12.0. The van der Waals surface area contributed by atoms with Crippen LogP contribution in [0.25, 0.3) is 0 Å². The third-order valence-electron chi connectivity index (χ3n) is 3.30. The molecule has 4 heteroatoms. The van der Waals surface area contributed by atoms with Crippen molar-refractivity contribution < 1.29 is 4.79 Å². The average molecular weight is 264 g/mol. The lowest BCUT2D eigenvalue weighted by molar-refractivity contribution is -0.128. The number of hydrogen-bond acceptors (Lipinski definition) is 3. The van der Waals surface area contributed by atoms with Crippen LogP contribution in [0.4, 0.5) is 0 Å². The summed E-state index contributed by atoms with van der Waals surface area (Å²) in [5.74, 6) is 0.186. The molecule has 0 aliphatic carbocycles. The van der Waals surface area contributed by atoms with E-state index in [0.717, 1.165) is 12.1 Å². The molecule has 0 bridgehead atoms. The first kappa shape index (κ1) is 13.4. The molecular weight excluding hydrogens is 244 g/mol. The van der Waals surface area contributed by atoms with E-state index in [4.69, 9.17) is 0 Å². The number of hydrogen-bond donors (Lipinski definition) is 1. The van der Waals surface area contributed by atoms with E-state index in [1.165, 1.54) is 0 Å². The summed E-state index contributed by atoms with van der Waals surface area (Å²) in [6.45, 7) is 5.54. The van der Waals surface area contributed by atoms with E-state index in [2.05, 4.69) is 37.6 Å². The summed E-state index contributed by atoms with van der Waals surface area (Å²) in [4.78, 5) is 14.0. The van der Waals surface area contributed by atoms with Crippen molar-refractivity contribution >= 4 is 17.7 Å². The van der Waals surface area contributed by atoms with Gasteiger partial charge in [0.15, 0.2) is 0 Å². The van der Waals surface area contributed by atoms with Crippen LogP contribution in [0, 0.1) is 0 Å². The van der Waals surface area contributed by atoms with Gasteiger partial charge in [0.2, 0.25) is 5.91 Å². The van der Waals surface area contributed by atoms with E-state index in [0.29, 0.717) is 6.54 Å². The van der Waals surface area contributed by atoms with Crippen LogP contribution in [0.5, 0.6) is 0 Å². The molecule has 1 aromatic rings. The molecule has 3 nitrogen and oxygen atoms in total. The normalized spacial score (nSPS) is 20.5. The first-order chi connectivity index (χ1) is 8.53. The quantitative estimate of drug-likeness (QED) is 0.905. The second-order valence-corrected chi connectivity index (χ2v) is 6.69. The van der Waals surface area contributed by atoms with Gasteiger partial charge in [-0.3, -0.25) is 10.1 Å². The van der Waals surface area contributed by atoms with Gasteiger partial charge in [0.25, 0.3) is 0 Å². The summed E-state index contributed by atoms with van der Waals surface area (Å²) in [5, 5.41) is 3.29. The Balaban J connectivity index is 2.18. The molecule has 1 aliphatic rings. The fourth-order valence-corrected chi connectivity index (χ4v) is 2.40. The third kappa shape index (κ3) is 2.87. The maximum Gasteiger partial charge on any atom is 0.238 e. The van der Waals surface area contributed by atoms with Gasteiger partial charge >= 0.3 is 0 Å². The second kappa shape index (κ2) is 5.33. The largest absolute Gasteiger partial charge is 0.320 e. The van der Waals surface area contributed by atoms with E-state index in [9.17, 15) is 4.79 Å². The number of rotatable bonds is 4. The molecule has 1 atom stereocenters. The molecule has 1 aliphatic heterocycles. The number of thioether (sulfide) groups is 1. The molecule has 1 saturated heterocycles. The van der Waals surface area contributed by atoms with E-state index >= 15 is 0 Å². The molecule has 0 aromatic heterocycles. The number of amides is 1. The van der Waals surface area contributed by atoms with Crippen molar-refractivity contribution in [1.29, 1.82) is 0 Å². The van der Waals surface area contributed by atoms with Gasteiger partial charge in [0, 0.05) is 11.3 Å². The van der Waals surface area contributed by atoms with Crippen molar-refractivity contribution in [2.75, 3.05) is 19.3 Å². The molecule has 1 amide bonds. The summed E-state index contributed by atoms with van der Waals surface area (Å²) in [7, 11) is 0. The van der Waals surface area contributed by atoms with Crippen LogP contribution in [-0.2, 0) is 4.79 Å². The Morgan fingerprint density at radius 1 is 1.39 bits per heavy atom. The van der Waals surface area contributed by atoms with Crippen molar-refractivity contribution in [1.82, 2.24) is 10.2 Å². The molecule has 1 aromatic carbocycles. The van der Waals surface area contributed by atoms with Gasteiger partial charge in [-0.2, -0.15) is 11.8 Å². The van der Waals surface area contributed by atoms with Gasteiger partial charge in [-0.25, -0.2) is 0 Å². The van der Waals surface area contributed by atoms with Crippen LogP contribution in [0.3, 0.4) is 0 Å². The topological polar surface area (TPSA) is 32.3 Å². The van der Waals surface area contributed by atoms with Crippen LogP contribution >= 0.6 is 11.8 Å². The smallest absolute Gasteiger partial charge is 0.238 e. The maximum atomic E-state index is 12.0. The van der Waals surface area contributed by atoms with E-state index < -0.39 is 0 Å². The number of benzene rings is 1. The molecule has 1 heterocycles. The van der Waals surface area contributed by atoms with E-state index in [1.54, 1.807) is 11.8 Å². The zero-order chi connectivity index (χ0) is 13.2. The highest BCUT2D eigenvalue weighted by Crippen LogP contribution is 2.29. The van der Waals surface area contributed by atoms with Gasteiger partial charge in [0.05, 0.1) is 6.54 Å². The molecule has 0 saturated carbocycles. The van der Waals surface area contributed by atoms with Crippen molar-refractivity contribution in [2.45, 2.75) is 24.8 Å². The Bertz CT molecular complexity index is 419. The summed E-state index contributed by atoms with van der Waals surface area (Å²) in [5.41, 5.74) is 1.15. The highest BCUT2D eigenvalue weighted by molar-refractivity contribution is 7.99. The van der Waals surface area contributed by atoms with E-state index in [1.807, 2.05) is 23.1 Å². The highest BCUT2D eigenvalue weighted by Gasteiger charge is 2.35. The molecule has 1 fully saturated rings. The van der Waals surface area contributed by atoms with Crippen molar-refractivity contribution in [3.05, 3.63) is 35.9 Å². The third-order valence-corrected chi connectivity index (χ3v) is 4.53. The lowest BCUT2D eigenvalue weighted by Gasteiger charge is -2.32. The zero-order valence-electron chi connectivity index (χ0n) is 11.1. The molecule has 0 spiro atoms. The zero-order valence-corrected chi connectivity index (χ0v) is 12.0. The van der Waals surface area contributed by atoms with Gasteiger partial charge in [-0.1, -0.05) is 30.3 Å². The molecular formula is C14H20N2OS. The molecule has 98 valence electrons. The molecule has 1 unspecified atom stereocenters. The fraction of sp³-hybridized carbons (Fsp3) is 0.500. The summed E-state index contributed by atoms with van der Waals surface area (Å²) in [6, 6.07) is 10.1. The Hall–Kier alpha value is -1.00. The van der Waals surface area contributed by atoms with E-state index in [-0.39, 0.29) is 16.8 Å². The van der Waals surface area contributed by atoms with Gasteiger partial charge < -0.3 is 4.90 Å². The fourth-order valence-electron chi connectivity index (χ4n) is 2.13. The van der Waals surface area contributed by atoms with Crippen molar-refractivity contribution in [2.24, 2.45) is 0 Å². The highest BCUT2D eigenvalue weighted by atomic mass is 32.2. The Labute approximate surface area is 113 Å². The van der Waals surface area contributed by atoms with Crippen LogP contribution in [0.1, 0.15) is 25.6 Å². The summed E-state index contributed by atoms with van der Waals surface area (Å²) in [6.07, 6.45) is 2.11. The predicted octanol–water partition coefficient (Wildman–Crippen LogP) is 2.26. The lowest BCUT2D eigenvalue weighted by Crippen LogP contribution is -2.40. The number of carbonyl (C=O) groups is 1. The average Bonchev–Trinajstić information content (AvgIpc) is 2.72. The standard InChI is InChI=1S/C14H20N2OS/c1-14(2,18-3)10-16-12(17)9-15-13(16)11-7-5-4-6-8-11/h4-8,13,15H,9-10H2,1-3H3. The number of carbonyl (C=O) groups excluding carboxylic acids is 1.